The number of H-pyrrole nitrogens is 1. The lowest BCUT2D eigenvalue weighted by molar-refractivity contribution is 0.195. The number of aromatic nitrogens is 2. The van der Waals surface area contributed by atoms with Gasteiger partial charge in [-0.15, -0.1) is 0 Å². The van der Waals surface area contributed by atoms with E-state index in [0.29, 0.717) is 12.1 Å². The van der Waals surface area contributed by atoms with Gasteiger partial charge in [-0.05, 0) is 5.56 Å². The summed E-state index contributed by atoms with van der Waals surface area (Å²) in [6, 6.07) is 9.93. The third kappa shape index (κ3) is 3.44. The number of rotatable bonds is 4. The second kappa shape index (κ2) is 5.62. The van der Waals surface area contributed by atoms with Gasteiger partial charge in [0, 0.05) is 6.42 Å². The highest BCUT2D eigenvalue weighted by molar-refractivity contribution is 5.78. The molecule has 1 aromatic heterocycles. The smallest absolute Gasteiger partial charge is 0.425 e. The lowest BCUT2D eigenvalue weighted by Gasteiger charge is -1.96. The zero-order valence-electron chi connectivity index (χ0n) is 9.50. The Bertz CT molecular complexity index is 548. The second-order valence-electron chi connectivity index (χ2n) is 3.62. The number of aromatic amines is 1. The van der Waals surface area contributed by atoms with Gasteiger partial charge >= 0.3 is 6.09 Å². The highest BCUT2D eigenvalue weighted by Gasteiger charge is 2.00. The van der Waals surface area contributed by atoms with E-state index in [9.17, 15) is 4.79 Å². The summed E-state index contributed by atoms with van der Waals surface area (Å²) in [7, 11) is 0. The minimum absolute atomic E-state index is 0.648. The predicted molar refractivity (Wildman–Crippen MR) is 66.6 cm³/mol. The molecule has 1 heterocycles. The Kier molecular flexibility index (Phi) is 3.70. The fraction of sp³-hybridized carbons (Fsp3) is 0.0833. The SMILES string of the molecule is O=C(O)NN=Cc1cnc(Cc2ccccc2)[nH]1. The number of imidazole rings is 1. The van der Waals surface area contributed by atoms with E-state index >= 15 is 0 Å². The van der Waals surface area contributed by atoms with Gasteiger partial charge in [-0.2, -0.15) is 5.10 Å². The van der Waals surface area contributed by atoms with Gasteiger partial charge in [-0.25, -0.2) is 15.2 Å². The van der Waals surface area contributed by atoms with Crippen LogP contribution in [0, 0.1) is 0 Å². The Hall–Kier alpha value is -2.63. The summed E-state index contributed by atoms with van der Waals surface area (Å²) in [4.78, 5) is 17.4. The molecule has 0 atom stereocenters. The van der Waals surface area contributed by atoms with Crippen molar-refractivity contribution >= 4 is 12.3 Å². The fourth-order valence-corrected chi connectivity index (χ4v) is 1.48. The van der Waals surface area contributed by atoms with Crippen molar-refractivity contribution < 1.29 is 9.90 Å². The van der Waals surface area contributed by atoms with E-state index in [1.807, 2.05) is 35.8 Å². The van der Waals surface area contributed by atoms with Crippen LogP contribution >= 0.6 is 0 Å². The maximum absolute atomic E-state index is 10.2. The minimum atomic E-state index is -1.20. The van der Waals surface area contributed by atoms with Crippen LogP contribution in [0.3, 0.4) is 0 Å². The number of amides is 1. The monoisotopic (exact) mass is 244 g/mol. The van der Waals surface area contributed by atoms with E-state index in [2.05, 4.69) is 15.1 Å². The number of nitrogens with zero attached hydrogens (tertiary/aromatic N) is 2. The molecule has 0 bridgehead atoms. The summed E-state index contributed by atoms with van der Waals surface area (Å²) in [6.07, 6.45) is 2.47. The molecule has 6 nitrogen and oxygen atoms in total. The van der Waals surface area contributed by atoms with Gasteiger partial charge in [-0.3, -0.25) is 0 Å². The number of hydrogen-bond acceptors (Lipinski definition) is 3. The number of benzene rings is 1. The van der Waals surface area contributed by atoms with E-state index in [4.69, 9.17) is 5.11 Å². The zero-order chi connectivity index (χ0) is 12.8. The molecular formula is C12H12N4O2. The molecule has 2 rings (SSSR count). The van der Waals surface area contributed by atoms with Gasteiger partial charge in [0.05, 0.1) is 18.1 Å². The van der Waals surface area contributed by atoms with E-state index in [-0.39, 0.29) is 0 Å². The summed E-state index contributed by atoms with van der Waals surface area (Å²) in [5, 5.41) is 11.9. The molecule has 0 saturated carbocycles. The lowest BCUT2D eigenvalue weighted by atomic mass is 10.1. The van der Waals surface area contributed by atoms with Crippen LogP contribution in [-0.2, 0) is 6.42 Å². The molecule has 0 spiro atoms. The van der Waals surface area contributed by atoms with E-state index < -0.39 is 6.09 Å². The average Bonchev–Trinajstić information content (AvgIpc) is 2.78. The summed E-state index contributed by atoms with van der Waals surface area (Å²) in [5.41, 5.74) is 3.69. The van der Waals surface area contributed by atoms with Gasteiger partial charge in [-0.1, -0.05) is 30.3 Å². The number of hydrogen-bond donors (Lipinski definition) is 3. The van der Waals surface area contributed by atoms with Crippen LogP contribution in [-0.4, -0.2) is 27.4 Å². The first kappa shape index (κ1) is 11.8. The maximum Gasteiger partial charge on any atom is 0.425 e. The first-order valence-electron chi connectivity index (χ1n) is 5.34. The molecule has 1 amide bonds. The molecule has 0 saturated heterocycles. The topological polar surface area (TPSA) is 90.4 Å². The molecule has 0 unspecified atom stereocenters. The molecule has 0 aliphatic heterocycles. The highest BCUT2D eigenvalue weighted by Crippen LogP contribution is 2.05. The Balaban J connectivity index is 1.98. The molecule has 0 aliphatic rings. The highest BCUT2D eigenvalue weighted by atomic mass is 16.4. The van der Waals surface area contributed by atoms with E-state index in [1.165, 1.54) is 6.21 Å². The van der Waals surface area contributed by atoms with Crippen molar-refractivity contribution in [2.75, 3.05) is 0 Å². The van der Waals surface area contributed by atoms with Gasteiger partial charge in [0.15, 0.2) is 0 Å². The van der Waals surface area contributed by atoms with E-state index in [0.717, 1.165) is 11.4 Å². The first-order chi connectivity index (χ1) is 8.74. The Morgan fingerprint density at radius 1 is 1.44 bits per heavy atom. The third-order valence-corrected chi connectivity index (χ3v) is 2.23. The van der Waals surface area contributed by atoms with Crippen LogP contribution < -0.4 is 5.43 Å². The minimum Gasteiger partial charge on any atom is -0.464 e. The molecule has 0 radical (unpaired) electrons. The summed E-state index contributed by atoms with van der Waals surface area (Å²) < 4.78 is 0. The molecule has 6 heteroatoms. The van der Waals surface area contributed by atoms with Gasteiger partial charge in [0.25, 0.3) is 0 Å². The van der Waals surface area contributed by atoms with Crippen molar-refractivity contribution in [1.82, 2.24) is 15.4 Å². The Morgan fingerprint density at radius 2 is 2.22 bits per heavy atom. The molecule has 0 aliphatic carbocycles. The van der Waals surface area contributed by atoms with Crippen molar-refractivity contribution in [2.24, 2.45) is 5.10 Å². The van der Waals surface area contributed by atoms with Gasteiger partial charge in [0.2, 0.25) is 0 Å². The van der Waals surface area contributed by atoms with Crippen LogP contribution in [0.5, 0.6) is 0 Å². The maximum atomic E-state index is 10.2. The summed E-state index contributed by atoms with van der Waals surface area (Å²) in [6.45, 7) is 0. The van der Waals surface area contributed by atoms with Gasteiger partial charge < -0.3 is 10.1 Å². The molecule has 1 aromatic carbocycles. The van der Waals surface area contributed by atoms with Crippen molar-refractivity contribution in [1.29, 1.82) is 0 Å². The van der Waals surface area contributed by atoms with Crippen LogP contribution in [0.15, 0.2) is 41.6 Å². The molecule has 18 heavy (non-hydrogen) atoms. The molecular weight excluding hydrogens is 232 g/mol. The average molecular weight is 244 g/mol. The summed E-state index contributed by atoms with van der Waals surface area (Å²) >= 11 is 0. The second-order valence-corrected chi connectivity index (χ2v) is 3.62. The quantitative estimate of drug-likeness (QED) is 0.563. The largest absolute Gasteiger partial charge is 0.464 e. The molecule has 92 valence electrons. The van der Waals surface area contributed by atoms with Crippen molar-refractivity contribution in [3.05, 3.63) is 53.6 Å². The first-order valence-corrected chi connectivity index (χ1v) is 5.34. The van der Waals surface area contributed by atoms with Crippen LogP contribution in [0.1, 0.15) is 17.1 Å². The van der Waals surface area contributed by atoms with Crippen molar-refractivity contribution in [2.45, 2.75) is 6.42 Å². The molecule has 2 aromatic rings. The number of carboxylic acid groups (broad SMARTS) is 1. The molecule has 3 N–H and O–H groups in total. The van der Waals surface area contributed by atoms with Crippen LogP contribution in [0.4, 0.5) is 4.79 Å². The number of hydrazone groups is 1. The Morgan fingerprint density at radius 3 is 2.94 bits per heavy atom. The van der Waals surface area contributed by atoms with Crippen molar-refractivity contribution in [3.63, 3.8) is 0 Å². The van der Waals surface area contributed by atoms with Crippen LogP contribution in [0.2, 0.25) is 0 Å². The third-order valence-electron chi connectivity index (χ3n) is 2.23. The standard InChI is InChI=1S/C12H12N4O2/c17-12(18)16-14-8-10-7-13-11(15-10)6-9-4-2-1-3-5-9/h1-5,7-8,16H,6H2,(H,13,15)(H,17,18). The summed E-state index contributed by atoms with van der Waals surface area (Å²) in [5.74, 6) is 0.804. The number of nitrogens with one attached hydrogen (secondary N) is 2. The molecule has 0 fully saturated rings. The zero-order valence-corrected chi connectivity index (χ0v) is 9.50. The Labute approximate surface area is 103 Å². The normalized spacial score (nSPS) is 10.7. The fourth-order valence-electron chi connectivity index (χ4n) is 1.48. The number of carbonyl (C=O) groups is 1. The van der Waals surface area contributed by atoms with Crippen LogP contribution in [0.25, 0.3) is 0 Å². The van der Waals surface area contributed by atoms with E-state index in [1.54, 1.807) is 6.20 Å². The van der Waals surface area contributed by atoms with Crippen molar-refractivity contribution in [3.8, 4) is 0 Å². The lowest BCUT2D eigenvalue weighted by Crippen LogP contribution is -2.13. The van der Waals surface area contributed by atoms with Gasteiger partial charge in [0.1, 0.15) is 5.82 Å². The predicted octanol–water partition coefficient (Wildman–Crippen LogP) is 1.60.